The lowest BCUT2D eigenvalue weighted by molar-refractivity contribution is 1.30. The van der Waals surface area contributed by atoms with E-state index in [0.29, 0.717) is 0 Å². The van der Waals surface area contributed by atoms with Crippen LogP contribution in [0.25, 0.3) is 18.2 Å². The zero-order valence-electron chi connectivity index (χ0n) is 16.5. The summed E-state index contributed by atoms with van der Waals surface area (Å²) in [6.45, 7) is 17.6. The highest BCUT2D eigenvalue weighted by atomic mass is 14.6. The van der Waals surface area contributed by atoms with E-state index in [2.05, 4.69) is 37.9 Å². The van der Waals surface area contributed by atoms with Crippen LogP contribution in [0.15, 0.2) is 130 Å². The maximum Gasteiger partial charge on any atom is 0.0623 e. The minimum Gasteiger partial charge on any atom is -0.257 e. The molecule has 0 atom stereocenters. The van der Waals surface area contributed by atoms with Crippen molar-refractivity contribution in [2.24, 2.45) is 0 Å². The van der Waals surface area contributed by atoms with Gasteiger partial charge in [0, 0.05) is 6.20 Å². The monoisotopic (exact) mass is 367 g/mol. The maximum atomic E-state index is 3.98. The van der Waals surface area contributed by atoms with Crippen molar-refractivity contribution in [2.75, 3.05) is 0 Å². The summed E-state index contributed by atoms with van der Waals surface area (Å²) in [4.78, 5) is 3.98. The third kappa shape index (κ3) is 13.6. The van der Waals surface area contributed by atoms with Crippen molar-refractivity contribution >= 4 is 18.2 Å². The first-order chi connectivity index (χ1) is 13.7. The van der Waals surface area contributed by atoms with Crippen molar-refractivity contribution in [3.05, 3.63) is 147 Å². The minimum absolute atomic E-state index is 0.924. The van der Waals surface area contributed by atoms with E-state index in [0.717, 1.165) is 5.69 Å². The highest BCUT2D eigenvalue weighted by Gasteiger charge is 1.78. The van der Waals surface area contributed by atoms with Crippen molar-refractivity contribution in [3.8, 4) is 0 Å². The zero-order chi connectivity index (χ0) is 20.9. The van der Waals surface area contributed by atoms with Gasteiger partial charge < -0.3 is 0 Å². The van der Waals surface area contributed by atoms with Gasteiger partial charge in [-0.25, -0.2) is 0 Å². The van der Waals surface area contributed by atoms with Crippen LogP contribution in [0.5, 0.6) is 0 Å². The largest absolute Gasteiger partial charge is 0.257 e. The van der Waals surface area contributed by atoms with Crippen LogP contribution in [0, 0.1) is 0 Å². The molecule has 3 rings (SSSR count). The summed E-state index contributed by atoms with van der Waals surface area (Å²) in [6.07, 6.45) is 10.4. The Bertz CT molecular complexity index is 678. The molecule has 0 unspecified atom stereocenters. The van der Waals surface area contributed by atoms with Crippen LogP contribution in [-0.2, 0) is 0 Å². The number of nitrogens with zero attached hydrogens (tertiary/aromatic N) is 1. The molecule has 0 saturated heterocycles. The van der Waals surface area contributed by atoms with Gasteiger partial charge in [-0.05, 0) is 29.3 Å². The van der Waals surface area contributed by atoms with Gasteiger partial charge in [-0.15, -0.1) is 0 Å². The molecular weight excluding hydrogens is 338 g/mol. The second-order valence-corrected chi connectivity index (χ2v) is 5.16. The molecule has 1 heteroatoms. The fraction of sp³-hybridized carbons (Fsp3) is 0. The van der Waals surface area contributed by atoms with Crippen LogP contribution < -0.4 is 0 Å². The maximum absolute atomic E-state index is 3.98. The Hall–Kier alpha value is -3.71. The van der Waals surface area contributed by atoms with Crippen molar-refractivity contribution in [2.45, 2.75) is 0 Å². The topological polar surface area (TPSA) is 12.9 Å². The molecule has 1 aromatic heterocycles. The highest BCUT2D eigenvalue weighted by molar-refractivity contribution is 5.46. The summed E-state index contributed by atoms with van der Waals surface area (Å²) in [5.74, 6) is 0. The number of rotatable bonds is 4. The van der Waals surface area contributed by atoms with E-state index >= 15 is 0 Å². The van der Waals surface area contributed by atoms with Crippen molar-refractivity contribution < 1.29 is 0 Å². The van der Waals surface area contributed by atoms with Crippen LogP contribution in [-0.4, -0.2) is 4.98 Å². The molecule has 142 valence electrons. The van der Waals surface area contributed by atoms with Crippen LogP contribution in [0.3, 0.4) is 0 Å². The summed E-state index contributed by atoms with van der Waals surface area (Å²) in [6, 6.07) is 25.8. The van der Waals surface area contributed by atoms with Gasteiger partial charge >= 0.3 is 0 Å². The predicted molar refractivity (Wildman–Crippen MR) is 128 cm³/mol. The van der Waals surface area contributed by atoms with E-state index in [1.165, 1.54) is 11.1 Å². The number of allylic oxidation sites excluding steroid dienone is 2. The average Bonchev–Trinajstić information content (AvgIpc) is 2.81. The zero-order valence-corrected chi connectivity index (χ0v) is 16.5. The number of benzene rings is 2. The minimum atomic E-state index is 0.924. The fourth-order valence-corrected chi connectivity index (χ4v) is 1.67. The first-order valence-corrected chi connectivity index (χ1v) is 8.83. The van der Waals surface area contributed by atoms with E-state index in [1.54, 1.807) is 24.4 Å². The molecule has 0 fully saturated rings. The molecule has 0 radical (unpaired) electrons. The van der Waals surface area contributed by atoms with Gasteiger partial charge in [0.25, 0.3) is 0 Å². The second-order valence-electron chi connectivity index (χ2n) is 5.16. The first-order valence-electron chi connectivity index (χ1n) is 8.83. The number of aromatic nitrogens is 1. The average molecular weight is 368 g/mol. The number of pyridine rings is 1. The number of hydrogen-bond donors (Lipinski definition) is 0. The second kappa shape index (κ2) is 18.1. The van der Waals surface area contributed by atoms with Crippen LogP contribution in [0.4, 0.5) is 0 Å². The molecule has 3 aromatic rings. The van der Waals surface area contributed by atoms with Gasteiger partial charge in [0.05, 0.1) is 5.69 Å². The van der Waals surface area contributed by atoms with Crippen molar-refractivity contribution in [1.82, 2.24) is 4.98 Å². The Morgan fingerprint density at radius 1 is 0.500 bits per heavy atom. The molecular formula is C27H29N. The summed E-state index contributed by atoms with van der Waals surface area (Å²) in [7, 11) is 0. The molecule has 28 heavy (non-hydrogen) atoms. The van der Waals surface area contributed by atoms with E-state index < -0.39 is 0 Å². The molecule has 1 heterocycles. The lowest BCUT2D eigenvalue weighted by Gasteiger charge is -1.85. The normalized spacial score (nSPS) is 8.00. The molecule has 0 saturated carbocycles. The Morgan fingerprint density at radius 2 is 0.929 bits per heavy atom. The van der Waals surface area contributed by atoms with E-state index in [4.69, 9.17) is 0 Å². The van der Waals surface area contributed by atoms with E-state index in [-0.39, 0.29) is 0 Å². The Labute approximate surface area is 170 Å². The molecule has 0 bridgehead atoms. The number of hydrogen-bond acceptors (Lipinski definition) is 1. The Balaban J connectivity index is 0.000000358. The molecule has 0 amide bonds. The van der Waals surface area contributed by atoms with E-state index in [1.807, 2.05) is 91.0 Å². The summed E-state index contributed by atoms with van der Waals surface area (Å²) < 4.78 is 0. The fourth-order valence-electron chi connectivity index (χ4n) is 1.67. The Kier molecular flexibility index (Phi) is 15.7. The molecule has 2 aromatic carbocycles. The molecule has 0 N–H and O–H groups in total. The SMILES string of the molecule is C=CC=C.C=Cc1ccccc1.C=Cc1ccccc1.C=Cc1ccccn1. The van der Waals surface area contributed by atoms with Crippen molar-refractivity contribution in [3.63, 3.8) is 0 Å². The summed E-state index contributed by atoms with van der Waals surface area (Å²) in [5, 5.41) is 0. The molecule has 0 aliphatic carbocycles. The standard InChI is InChI=1S/2C8H8.C7H7N.C4H6/c2*1-2-8-6-4-3-5-7-8;1-2-7-5-3-4-6-8-7;1-3-4-2/h2*2-7H,1H2;2-6H,1H2;3-4H,1-2H2. The molecule has 0 aliphatic rings. The Morgan fingerprint density at radius 3 is 1.14 bits per heavy atom. The first kappa shape index (κ1) is 24.3. The van der Waals surface area contributed by atoms with Gasteiger partial charge in [0.2, 0.25) is 0 Å². The lowest BCUT2D eigenvalue weighted by Crippen LogP contribution is -1.73. The smallest absolute Gasteiger partial charge is 0.0623 e. The third-order valence-corrected chi connectivity index (χ3v) is 3.13. The van der Waals surface area contributed by atoms with Gasteiger partial charge in [-0.3, -0.25) is 4.98 Å². The molecule has 1 nitrogen and oxygen atoms in total. The van der Waals surface area contributed by atoms with Gasteiger partial charge in [0.1, 0.15) is 0 Å². The van der Waals surface area contributed by atoms with Gasteiger partial charge in [-0.1, -0.05) is 124 Å². The van der Waals surface area contributed by atoms with Crippen LogP contribution in [0.2, 0.25) is 0 Å². The predicted octanol–water partition coefficient (Wildman–Crippen LogP) is 7.74. The van der Waals surface area contributed by atoms with Gasteiger partial charge in [0.15, 0.2) is 0 Å². The van der Waals surface area contributed by atoms with Crippen LogP contribution >= 0.6 is 0 Å². The van der Waals surface area contributed by atoms with Gasteiger partial charge in [-0.2, -0.15) is 0 Å². The highest BCUT2D eigenvalue weighted by Crippen LogP contribution is 1.98. The lowest BCUT2D eigenvalue weighted by atomic mass is 10.2. The third-order valence-electron chi connectivity index (χ3n) is 3.13. The van der Waals surface area contributed by atoms with Crippen molar-refractivity contribution in [1.29, 1.82) is 0 Å². The summed E-state index contributed by atoms with van der Waals surface area (Å²) in [5.41, 5.74) is 3.27. The molecule has 0 aliphatic heterocycles. The van der Waals surface area contributed by atoms with E-state index in [9.17, 15) is 0 Å². The molecule has 0 spiro atoms. The quantitative estimate of drug-likeness (QED) is 0.430. The summed E-state index contributed by atoms with van der Waals surface area (Å²) >= 11 is 0. The van der Waals surface area contributed by atoms with Crippen LogP contribution in [0.1, 0.15) is 16.8 Å².